The molecule has 0 radical (unpaired) electrons. The summed E-state index contributed by atoms with van der Waals surface area (Å²) in [7, 11) is 3.21. The largest absolute Gasteiger partial charge is 0.497 e. The van der Waals surface area contributed by atoms with Gasteiger partial charge in [-0.05, 0) is 70.4 Å². The van der Waals surface area contributed by atoms with E-state index in [2.05, 4.69) is 15.8 Å². The minimum absolute atomic E-state index is 0.0526. The number of amides is 2. The molecule has 0 bridgehead atoms. The van der Waals surface area contributed by atoms with Gasteiger partial charge in [0.2, 0.25) is 0 Å². The van der Waals surface area contributed by atoms with Crippen molar-refractivity contribution in [2.24, 2.45) is 5.10 Å². The predicted molar refractivity (Wildman–Crippen MR) is 141 cm³/mol. The van der Waals surface area contributed by atoms with E-state index >= 15 is 0 Å². The van der Waals surface area contributed by atoms with E-state index in [1.165, 1.54) is 0 Å². The third kappa shape index (κ3) is 6.15. The molecule has 2 amide bonds. The molecule has 0 aliphatic heterocycles. The summed E-state index contributed by atoms with van der Waals surface area (Å²) < 4.78 is 10.4. The molecule has 0 heterocycles. The molecule has 0 spiro atoms. The lowest BCUT2D eigenvalue weighted by atomic mass is 10.1. The van der Waals surface area contributed by atoms with Gasteiger partial charge in [0.25, 0.3) is 11.8 Å². The van der Waals surface area contributed by atoms with Gasteiger partial charge in [0, 0.05) is 5.56 Å². The van der Waals surface area contributed by atoms with Crippen LogP contribution in [0.3, 0.4) is 0 Å². The summed E-state index contributed by atoms with van der Waals surface area (Å²) in [5.41, 5.74) is 4.50. The molecule has 7 heteroatoms. The average Bonchev–Trinajstić information content (AvgIpc) is 2.93. The molecule has 0 aliphatic rings. The van der Waals surface area contributed by atoms with E-state index in [9.17, 15) is 9.59 Å². The summed E-state index contributed by atoms with van der Waals surface area (Å²) >= 11 is 0. The maximum absolute atomic E-state index is 13.0. The minimum atomic E-state index is -0.558. The second-order valence-corrected chi connectivity index (χ2v) is 7.82. The van der Waals surface area contributed by atoms with Gasteiger partial charge in [-0.1, -0.05) is 48.5 Å². The quantitative estimate of drug-likeness (QED) is 0.216. The molecule has 4 aromatic carbocycles. The molecule has 180 valence electrons. The summed E-state index contributed by atoms with van der Waals surface area (Å²) in [5.74, 6) is 0.506. The molecule has 0 saturated heterocycles. The highest BCUT2D eigenvalue weighted by atomic mass is 16.5. The minimum Gasteiger partial charge on any atom is -0.497 e. The van der Waals surface area contributed by atoms with Gasteiger partial charge in [-0.2, -0.15) is 5.10 Å². The Balaban J connectivity index is 1.52. The number of nitrogens with one attached hydrogen (secondary N) is 2. The number of hydrogen-bond acceptors (Lipinski definition) is 5. The van der Waals surface area contributed by atoms with E-state index in [0.717, 1.165) is 22.1 Å². The summed E-state index contributed by atoms with van der Waals surface area (Å²) in [4.78, 5) is 25.7. The first-order valence-electron chi connectivity index (χ1n) is 11.2. The SMILES string of the molecule is COc1ccc(/C=C(\NC(=O)c2ccccc2)C(=O)N/N=C\c2ccc3cc(OC)ccc3c2)cc1. The average molecular weight is 480 g/mol. The van der Waals surface area contributed by atoms with Crippen molar-refractivity contribution in [1.82, 2.24) is 10.7 Å². The number of fused-ring (bicyclic) bond motifs is 1. The summed E-state index contributed by atoms with van der Waals surface area (Å²) in [6.45, 7) is 0. The van der Waals surface area contributed by atoms with Gasteiger partial charge in [-0.3, -0.25) is 9.59 Å². The maximum Gasteiger partial charge on any atom is 0.287 e. The Morgan fingerprint density at radius 2 is 1.39 bits per heavy atom. The number of methoxy groups -OCH3 is 2. The third-order valence-corrected chi connectivity index (χ3v) is 5.41. The number of benzene rings is 4. The molecule has 0 unspecified atom stereocenters. The molecule has 0 aliphatic carbocycles. The molecular formula is C29H25N3O4. The van der Waals surface area contributed by atoms with Gasteiger partial charge in [-0.15, -0.1) is 0 Å². The number of carbonyl (C=O) groups is 2. The van der Waals surface area contributed by atoms with Crippen LogP contribution in [0.5, 0.6) is 11.5 Å². The zero-order valence-corrected chi connectivity index (χ0v) is 19.9. The molecule has 0 atom stereocenters. The topological polar surface area (TPSA) is 89.0 Å². The highest BCUT2D eigenvalue weighted by Gasteiger charge is 2.14. The Labute approximate surface area is 209 Å². The van der Waals surface area contributed by atoms with Crippen molar-refractivity contribution in [2.75, 3.05) is 14.2 Å². The normalized spacial score (nSPS) is 11.3. The van der Waals surface area contributed by atoms with Gasteiger partial charge in [-0.25, -0.2) is 5.43 Å². The fraction of sp³-hybridized carbons (Fsp3) is 0.0690. The van der Waals surface area contributed by atoms with E-state index < -0.39 is 11.8 Å². The van der Waals surface area contributed by atoms with Crippen LogP contribution in [-0.4, -0.2) is 32.2 Å². The van der Waals surface area contributed by atoms with Gasteiger partial charge in [0.1, 0.15) is 17.2 Å². The van der Waals surface area contributed by atoms with Crippen LogP contribution in [0, 0.1) is 0 Å². The van der Waals surface area contributed by atoms with E-state index in [4.69, 9.17) is 9.47 Å². The first kappa shape index (κ1) is 24.2. The fourth-order valence-electron chi connectivity index (χ4n) is 3.48. The lowest BCUT2D eigenvalue weighted by Crippen LogP contribution is -2.32. The van der Waals surface area contributed by atoms with Crippen LogP contribution in [0.4, 0.5) is 0 Å². The number of carbonyl (C=O) groups excluding carboxylic acids is 2. The third-order valence-electron chi connectivity index (χ3n) is 5.41. The van der Waals surface area contributed by atoms with Crippen molar-refractivity contribution < 1.29 is 19.1 Å². The molecule has 7 nitrogen and oxygen atoms in total. The number of hydrogen-bond donors (Lipinski definition) is 2. The predicted octanol–water partition coefficient (Wildman–Crippen LogP) is 4.78. The molecule has 4 rings (SSSR count). The number of nitrogens with zero attached hydrogens (tertiary/aromatic N) is 1. The second kappa shape index (κ2) is 11.5. The first-order chi connectivity index (χ1) is 17.6. The van der Waals surface area contributed by atoms with Crippen LogP contribution in [0.2, 0.25) is 0 Å². The van der Waals surface area contributed by atoms with Crippen molar-refractivity contribution >= 4 is 34.9 Å². The highest BCUT2D eigenvalue weighted by molar-refractivity contribution is 6.05. The van der Waals surface area contributed by atoms with Crippen molar-refractivity contribution in [2.45, 2.75) is 0 Å². The van der Waals surface area contributed by atoms with E-state index in [0.29, 0.717) is 16.9 Å². The van der Waals surface area contributed by atoms with E-state index in [1.807, 2.05) is 42.5 Å². The van der Waals surface area contributed by atoms with Crippen molar-refractivity contribution in [3.63, 3.8) is 0 Å². The first-order valence-corrected chi connectivity index (χ1v) is 11.2. The van der Waals surface area contributed by atoms with E-state index in [1.54, 1.807) is 75.0 Å². The maximum atomic E-state index is 13.0. The highest BCUT2D eigenvalue weighted by Crippen LogP contribution is 2.21. The Morgan fingerprint density at radius 1 is 0.750 bits per heavy atom. The standard InChI is InChI=1S/C29H25N3O4/c1-35-25-13-9-20(10-14-25)17-27(31-28(33)22-6-4-3-5-7-22)29(34)32-30-19-21-8-11-24-18-26(36-2)15-12-23(24)16-21/h3-19H,1-2H3,(H,31,33)(H,32,34)/b27-17-,30-19-. The van der Waals surface area contributed by atoms with Gasteiger partial charge >= 0.3 is 0 Å². The molecule has 4 aromatic rings. The number of rotatable bonds is 8. The van der Waals surface area contributed by atoms with Gasteiger partial charge in [0.15, 0.2) is 0 Å². The van der Waals surface area contributed by atoms with E-state index in [-0.39, 0.29) is 5.70 Å². The Kier molecular flexibility index (Phi) is 7.73. The van der Waals surface area contributed by atoms with Crippen LogP contribution in [-0.2, 0) is 4.79 Å². The Bertz CT molecular complexity index is 1430. The van der Waals surface area contributed by atoms with Crippen LogP contribution >= 0.6 is 0 Å². The molecule has 0 saturated carbocycles. The summed E-state index contributed by atoms with van der Waals surface area (Å²) in [6, 6.07) is 27.4. The monoisotopic (exact) mass is 479 g/mol. The van der Waals surface area contributed by atoms with Gasteiger partial charge in [0.05, 0.1) is 20.4 Å². The van der Waals surface area contributed by atoms with Crippen molar-refractivity contribution in [1.29, 1.82) is 0 Å². The Morgan fingerprint density at radius 3 is 2.11 bits per heavy atom. The zero-order chi connectivity index (χ0) is 25.3. The van der Waals surface area contributed by atoms with Crippen LogP contribution in [0.15, 0.2) is 102 Å². The molecule has 0 aromatic heterocycles. The van der Waals surface area contributed by atoms with Crippen LogP contribution < -0.4 is 20.2 Å². The molecule has 36 heavy (non-hydrogen) atoms. The Hall–Kier alpha value is -4.91. The number of hydrazone groups is 1. The number of ether oxygens (including phenoxy) is 2. The zero-order valence-electron chi connectivity index (χ0n) is 19.9. The molecule has 2 N–H and O–H groups in total. The summed E-state index contributed by atoms with van der Waals surface area (Å²) in [5, 5.41) is 8.82. The lowest BCUT2D eigenvalue weighted by Gasteiger charge is -2.09. The second-order valence-electron chi connectivity index (χ2n) is 7.82. The van der Waals surface area contributed by atoms with Crippen LogP contribution in [0.1, 0.15) is 21.5 Å². The van der Waals surface area contributed by atoms with Crippen molar-refractivity contribution in [3.05, 3.63) is 113 Å². The fourth-order valence-corrected chi connectivity index (χ4v) is 3.48. The van der Waals surface area contributed by atoms with Gasteiger partial charge < -0.3 is 14.8 Å². The molecule has 0 fully saturated rings. The molecular weight excluding hydrogens is 454 g/mol. The smallest absolute Gasteiger partial charge is 0.287 e. The lowest BCUT2D eigenvalue weighted by molar-refractivity contribution is -0.117. The van der Waals surface area contributed by atoms with Crippen molar-refractivity contribution in [3.8, 4) is 11.5 Å². The van der Waals surface area contributed by atoms with Crippen LogP contribution in [0.25, 0.3) is 16.8 Å². The summed E-state index contributed by atoms with van der Waals surface area (Å²) in [6.07, 6.45) is 3.13.